The van der Waals surface area contributed by atoms with Gasteiger partial charge in [0, 0.05) is 15.8 Å². The van der Waals surface area contributed by atoms with Crippen LogP contribution in [0.3, 0.4) is 0 Å². The van der Waals surface area contributed by atoms with Crippen molar-refractivity contribution in [3.8, 4) is 17.4 Å². The van der Waals surface area contributed by atoms with Gasteiger partial charge in [0.25, 0.3) is 0 Å². The summed E-state index contributed by atoms with van der Waals surface area (Å²) in [6.45, 7) is 1.54. The van der Waals surface area contributed by atoms with Gasteiger partial charge in [0.1, 0.15) is 22.2 Å². The van der Waals surface area contributed by atoms with Crippen LogP contribution in [0.2, 0.25) is 0 Å². The van der Waals surface area contributed by atoms with Crippen molar-refractivity contribution in [2.45, 2.75) is 36.8 Å². The molecule has 2 aromatic heterocycles. The smallest absolute Gasteiger partial charge is 0.231 e. The van der Waals surface area contributed by atoms with E-state index in [2.05, 4.69) is 12.1 Å². The van der Waals surface area contributed by atoms with E-state index in [1.807, 2.05) is 18.2 Å². The fraction of sp³-hybridized carbons (Fsp3) is 0.240. The van der Waals surface area contributed by atoms with Crippen LogP contribution in [0.15, 0.2) is 53.4 Å². The highest BCUT2D eigenvalue weighted by molar-refractivity contribution is 7.98. The van der Waals surface area contributed by atoms with Crippen molar-refractivity contribution in [3.63, 3.8) is 0 Å². The molecule has 7 heteroatoms. The number of methoxy groups -OCH3 is 1. The van der Waals surface area contributed by atoms with Crippen molar-refractivity contribution in [1.29, 1.82) is 0 Å². The first-order valence-electron chi connectivity index (χ1n) is 10.5. The lowest BCUT2D eigenvalue weighted by Gasteiger charge is -2.13. The van der Waals surface area contributed by atoms with E-state index >= 15 is 0 Å². The van der Waals surface area contributed by atoms with Crippen LogP contribution in [0.25, 0.3) is 10.2 Å². The molecule has 0 N–H and O–H groups in total. The highest BCUT2D eigenvalue weighted by atomic mass is 32.2. The molecule has 2 aromatic carbocycles. The first kappa shape index (κ1) is 21.0. The number of ether oxygens (including phenoxy) is 2. The van der Waals surface area contributed by atoms with E-state index in [9.17, 15) is 4.79 Å². The zero-order valence-corrected chi connectivity index (χ0v) is 19.5. The summed E-state index contributed by atoms with van der Waals surface area (Å²) in [5.41, 5.74) is 1.79. The lowest BCUT2D eigenvalue weighted by molar-refractivity contribution is 0.101. The molecule has 5 rings (SSSR count). The number of fused-ring (bicyclic) bond motifs is 3. The predicted molar refractivity (Wildman–Crippen MR) is 129 cm³/mol. The van der Waals surface area contributed by atoms with Gasteiger partial charge in [-0.25, -0.2) is 4.98 Å². The van der Waals surface area contributed by atoms with Crippen LogP contribution < -0.4 is 9.47 Å². The van der Waals surface area contributed by atoms with E-state index in [1.54, 1.807) is 48.4 Å². The van der Waals surface area contributed by atoms with Gasteiger partial charge in [-0.2, -0.15) is 4.98 Å². The second-order valence-corrected chi connectivity index (χ2v) is 9.74. The summed E-state index contributed by atoms with van der Waals surface area (Å²) in [6.07, 6.45) is 3.21. The van der Waals surface area contributed by atoms with Crippen LogP contribution in [-0.2, 0) is 18.6 Å². The number of hydrogen-bond donors (Lipinski definition) is 0. The average molecular weight is 463 g/mol. The van der Waals surface area contributed by atoms with Crippen molar-refractivity contribution in [2.75, 3.05) is 7.11 Å². The quantitative estimate of drug-likeness (QED) is 0.231. The molecule has 0 radical (unpaired) electrons. The number of thioether (sulfide) groups is 1. The molecule has 0 saturated heterocycles. The minimum Gasteiger partial charge on any atom is -0.497 e. The van der Waals surface area contributed by atoms with Crippen molar-refractivity contribution in [2.24, 2.45) is 0 Å². The summed E-state index contributed by atoms with van der Waals surface area (Å²) in [5, 5.41) is 0.980. The lowest BCUT2D eigenvalue weighted by atomic mass is 10.1. The predicted octanol–water partition coefficient (Wildman–Crippen LogP) is 6.48. The Kier molecular flexibility index (Phi) is 5.85. The number of rotatable bonds is 7. The second-order valence-electron chi connectivity index (χ2n) is 7.60. The van der Waals surface area contributed by atoms with E-state index < -0.39 is 0 Å². The lowest BCUT2D eigenvalue weighted by Crippen LogP contribution is -2.02. The van der Waals surface area contributed by atoms with Crippen LogP contribution >= 0.6 is 23.1 Å². The second kappa shape index (κ2) is 8.92. The maximum Gasteiger partial charge on any atom is 0.231 e. The van der Waals surface area contributed by atoms with E-state index in [-0.39, 0.29) is 5.78 Å². The van der Waals surface area contributed by atoms with Crippen molar-refractivity contribution in [1.82, 2.24) is 9.97 Å². The summed E-state index contributed by atoms with van der Waals surface area (Å²) < 4.78 is 11.7. The molecule has 32 heavy (non-hydrogen) atoms. The number of carbonyl (C=O) groups is 1. The molecule has 0 unspecified atom stereocenters. The standard InChI is InChI=1S/C25H22N2O3S2/c1-15(28)18-12-11-16(29-2)13-20(18)30-24-23-19-9-6-10-21(19)32-25(23)27-22(26-24)14-31-17-7-4-3-5-8-17/h3-5,7-8,11-13H,6,9-10,14H2,1-2H3. The van der Waals surface area contributed by atoms with E-state index in [1.165, 1.54) is 22.3 Å². The number of thiophene rings is 1. The molecule has 0 amide bonds. The Balaban J connectivity index is 1.57. The Hall–Kier alpha value is -2.90. The molecule has 5 nitrogen and oxygen atoms in total. The normalized spacial score (nSPS) is 12.7. The minimum absolute atomic E-state index is 0.0663. The number of hydrogen-bond acceptors (Lipinski definition) is 7. The molecule has 2 heterocycles. The topological polar surface area (TPSA) is 61.3 Å². The molecule has 0 bridgehead atoms. The van der Waals surface area contributed by atoms with Crippen molar-refractivity contribution in [3.05, 3.63) is 70.4 Å². The first-order valence-corrected chi connectivity index (χ1v) is 12.3. The number of aryl methyl sites for hydroxylation is 2. The Morgan fingerprint density at radius 1 is 1.12 bits per heavy atom. The van der Waals surface area contributed by atoms with Gasteiger partial charge in [0.2, 0.25) is 5.88 Å². The van der Waals surface area contributed by atoms with Crippen LogP contribution in [-0.4, -0.2) is 22.9 Å². The first-order chi connectivity index (χ1) is 15.6. The molecule has 0 atom stereocenters. The molecular formula is C25H22N2O3S2. The third kappa shape index (κ3) is 4.10. The number of Topliss-reactive ketones (excluding diaryl/α,β-unsaturated/α-hetero) is 1. The summed E-state index contributed by atoms with van der Waals surface area (Å²) in [5.74, 6) is 2.89. The highest BCUT2D eigenvalue weighted by Gasteiger charge is 2.24. The zero-order valence-electron chi connectivity index (χ0n) is 17.9. The van der Waals surface area contributed by atoms with Crippen LogP contribution in [0, 0.1) is 0 Å². The monoisotopic (exact) mass is 462 g/mol. The maximum absolute atomic E-state index is 12.2. The van der Waals surface area contributed by atoms with Gasteiger partial charge in [0.05, 0.1) is 23.8 Å². The molecule has 1 aliphatic rings. The molecular weight excluding hydrogens is 440 g/mol. The third-order valence-corrected chi connectivity index (χ3v) is 7.66. The Labute approximate surface area is 194 Å². The Morgan fingerprint density at radius 3 is 2.75 bits per heavy atom. The molecule has 1 aliphatic carbocycles. The highest BCUT2D eigenvalue weighted by Crippen LogP contribution is 2.42. The van der Waals surface area contributed by atoms with Crippen LogP contribution in [0.1, 0.15) is 40.0 Å². The Morgan fingerprint density at radius 2 is 1.97 bits per heavy atom. The third-order valence-electron chi connectivity index (χ3n) is 5.46. The number of benzene rings is 2. The zero-order chi connectivity index (χ0) is 22.1. The fourth-order valence-corrected chi connectivity index (χ4v) is 5.96. The molecule has 162 valence electrons. The molecule has 4 aromatic rings. The summed E-state index contributed by atoms with van der Waals surface area (Å²) >= 11 is 3.43. The van der Waals surface area contributed by atoms with Crippen LogP contribution in [0.5, 0.6) is 17.4 Å². The maximum atomic E-state index is 12.2. The summed E-state index contributed by atoms with van der Waals surface area (Å²) in [4.78, 5) is 25.4. The molecule has 0 spiro atoms. The fourth-order valence-electron chi connectivity index (χ4n) is 3.92. The molecule has 0 fully saturated rings. The van der Waals surface area contributed by atoms with E-state index in [0.717, 1.165) is 29.5 Å². The van der Waals surface area contributed by atoms with Gasteiger partial charge in [-0.05, 0) is 56.0 Å². The van der Waals surface area contributed by atoms with Gasteiger partial charge < -0.3 is 9.47 Å². The number of nitrogens with zero attached hydrogens (tertiary/aromatic N) is 2. The Bertz CT molecular complexity index is 1300. The van der Waals surface area contributed by atoms with Gasteiger partial charge in [-0.15, -0.1) is 23.1 Å². The van der Waals surface area contributed by atoms with Gasteiger partial charge >= 0.3 is 0 Å². The average Bonchev–Trinajstić information content (AvgIpc) is 3.39. The van der Waals surface area contributed by atoms with Crippen molar-refractivity contribution < 1.29 is 14.3 Å². The summed E-state index contributed by atoms with van der Waals surface area (Å²) in [7, 11) is 1.60. The van der Waals surface area contributed by atoms with E-state index in [0.29, 0.717) is 34.5 Å². The molecule has 0 aliphatic heterocycles. The molecule has 0 saturated carbocycles. The van der Waals surface area contributed by atoms with Gasteiger partial charge in [-0.3, -0.25) is 4.79 Å². The number of aromatic nitrogens is 2. The largest absolute Gasteiger partial charge is 0.497 e. The van der Waals surface area contributed by atoms with Crippen LogP contribution in [0.4, 0.5) is 0 Å². The summed E-state index contributed by atoms with van der Waals surface area (Å²) in [6, 6.07) is 15.5. The van der Waals surface area contributed by atoms with Gasteiger partial charge in [-0.1, -0.05) is 18.2 Å². The van der Waals surface area contributed by atoms with E-state index in [4.69, 9.17) is 19.4 Å². The van der Waals surface area contributed by atoms with Gasteiger partial charge in [0.15, 0.2) is 5.78 Å². The number of carbonyl (C=O) groups excluding carboxylic acids is 1. The number of ketones is 1. The SMILES string of the molecule is COc1ccc(C(C)=O)c(Oc2nc(CSc3ccccc3)nc3sc4c(c23)CCC4)c1. The van der Waals surface area contributed by atoms with Crippen molar-refractivity contribution >= 4 is 39.1 Å². The minimum atomic E-state index is -0.0663.